The molecule has 0 radical (unpaired) electrons. The van der Waals surface area contributed by atoms with Crippen molar-refractivity contribution in [2.45, 2.75) is 17.7 Å². The molecule has 3 rings (SSSR count). The summed E-state index contributed by atoms with van der Waals surface area (Å²) in [5.41, 5.74) is 1.34. The van der Waals surface area contributed by atoms with Gasteiger partial charge < -0.3 is 10.1 Å². The summed E-state index contributed by atoms with van der Waals surface area (Å²) in [6.45, 7) is 0. The molecular formula is C17H12F3NO4S. The van der Waals surface area contributed by atoms with Gasteiger partial charge in [0, 0.05) is 11.1 Å². The van der Waals surface area contributed by atoms with E-state index < -0.39 is 22.1 Å². The molecule has 0 fully saturated rings. The van der Waals surface area contributed by atoms with Gasteiger partial charge in [0.25, 0.3) is 0 Å². The van der Waals surface area contributed by atoms with Gasteiger partial charge in [0.05, 0.1) is 11.3 Å². The molecule has 2 aromatic carbocycles. The molecule has 1 heterocycles. The van der Waals surface area contributed by atoms with Crippen molar-refractivity contribution in [2.24, 2.45) is 0 Å². The van der Waals surface area contributed by atoms with E-state index >= 15 is 0 Å². The van der Waals surface area contributed by atoms with Crippen LogP contribution in [-0.2, 0) is 21.1 Å². The fourth-order valence-electron chi connectivity index (χ4n) is 2.43. The first-order chi connectivity index (χ1) is 12.1. The van der Waals surface area contributed by atoms with E-state index in [4.69, 9.17) is 0 Å². The maximum atomic E-state index is 12.1. The predicted molar refractivity (Wildman–Crippen MR) is 88.1 cm³/mol. The largest absolute Gasteiger partial charge is 0.573 e. The molecule has 0 bridgehead atoms. The minimum Gasteiger partial charge on any atom is -0.406 e. The third-order valence-electron chi connectivity index (χ3n) is 3.55. The molecule has 26 heavy (non-hydrogen) atoms. The maximum Gasteiger partial charge on any atom is 0.573 e. The molecule has 0 saturated heterocycles. The summed E-state index contributed by atoms with van der Waals surface area (Å²) >= 11 is 0. The van der Waals surface area contributed by atoms with Crippen molar-refractivity contribution < 1.29 is 31.1 Å². The van der Waals surface area contributed by atoms with Gasteiger partial charge in [-0.25, -0.2) is 8.42 Å². The van der Waals surface area contributed by atoms with Crippen LogP contribution in [0.15, 0.2) is 52.8 Å². The van der Waals surface area contributed by atoms with Crippen molar-refractivity contribution in [1.29, 1.82) is 0 Å². The lowest BCUT2D eigenvalue weighted by atomic mass is 10.1. The van der Waals surface area contributed by atoms with Crippen LogP contribution in [-0.4, -0.2) is 20.7 Å². The second-order valence-electron chi connectivity index (χ2n) is 5.52. The van der Waals surface area contributed by atoms with Crippen LogP contribution >= 0.6 is 0 Å². The van der Waals surface area contributed by atoms with E-state index in [1.165, 1.54) is 24.3 Å². The second-order valence-corrected chi connectivity index (χ2v) is 7.32. The van der Waals surface area contributed by atoms with E-state index in [1.54, 1.807) is 12.1 Å². The number of carbonyl (C=O) groups excluding carboxylic acids is 1. The van der Waals surface area contributed by atoms with Gasteiger partial charge in [0.15, 0.2) is 0 Å². The molecule has 136 valence electrons. The molecule has 1 N–H and O–H groups in total. The van der Waals surface area contributed by atoms with Crippen LogP contribution in [0.25, 0.3) is 6.08 Å². The first-order valence-electron chi connectivity index (χ1n) is 7.34. The molecule has 0 saturated carbocycles. The summed E-state index contributed by atoms with van der Waals surface area (Å²) in [7, 11) is -3.48. The highest BCUT2D eigenvalue weighted by Crippen LogP contribution is 2.29. The van der Waals surface area contributed by atoms with Crippen molar-refractivity contribution in [3.8, 4) is 5.75 Å². The normalized spacial score (nSPS) is 14.7. The molecule has 1 aliphatic heterocycles. The van der Waals surface area contributed by atoms with Gasteiger partial charge in [-0.2, -0.15) is 0 Å². The number of nitrogens with one attached hydrogen (secondary N) is 1. The first kappa shape index (κ1) is 18.0. The van der Waals surface area contributed by atoms with Crippen LogP contribution in [0.5, 0.6) is 5.75 Å². The smallest absolute Gasteiger partial charge is 0.406 e. The average molecular weight is 383 g/mol. The summed E-state index contributed by atoms with van der Waals surface area (Å²) in [4.78, 5) is 12.2. The predicted octanol–water partition coefficient (Wildman–Crippen LogP) is 3.52. The number of halogens is 3. The molecule has 0 aliphatic carbocycles. The van der Waals surface area contributed by atoms with Gasteiger partial charge >= 0.3 is 6.36 Å². The van der Waals surface area contributed by atoms with Crippen LogP contribution in [0, 0.1) is 0 Å². The Morgan fingerprint density at radius 3 is 2.42 bits per heavy atom. The molecule has 0 unspecified atom stereocenters. The second kappa shape index (κ2) is 6.49. The Hall–Kier alpha value is -2.81. The van der Waals surface area contributed by atoms with Gasteiger partial charge in [-0.1, -0.05) is 18.2 Å². The minimum atomic E-state index is -4.78. The number of alkyl halides is 3. The van der Waals surface area contributed by atoms with Crippen LogP contribution in [0.2, 0.25) is 0 Å². The highest BCUT2D eigenvalue weighted by molar-refractivity contribution is 7.94. The molecule has 2 aromatic rings. The topological polar surface area (TPSA) is 72.5 Å². The molecule has 1 amide bonds. The number of sulfone groups is 1. The number of hydrogen-bond donors (Lipinski definition) is 1. The van der Waals surface area contributed by atoms with Crippen LogP contribution in [0.4, 0.5) is 18.9 Å². The molecule has 1 aliphatic rings. The zero-order valence-electron chi connectivity index (χ0n) is 13.1. The zero-order chi connectivity index (χ0) is 18.9. The standard InChI is InChI=1S/C17H12F3NO4S/c18-17(19,20)25-14-5-1-11(2-6-14)9-16(22)21-13-4-3-12-7-8-26(23,24)15(12)10-13/h1-8,10H,9H2,(H,21,22). The van der Waals surface area contributed by atoms with Crippen molar-refractivity contribution in [3.05, 3.63) is 59.0 Å². The third-order valence-corrected chi connectivity index (χ3v) is 5.01. The number of carbonyl (C=O) groups is 1. The zero-order valence-corrected chi connectivity index (χ0v) is 13.9. The Kier molecular flexibility index (Phi) is 4.49. The Labute approximate surface area is 147 Å². The quantitative estimate of drug-likeness (QED) is 0.877. The molecular weight excluding hydrogens is 371 g/mol. The molecule has 0 atom stereocenters. The van der Waals surface area contributed by atoms with Gasteiger partial charge in [0.1, 0.15) is 5.75 Å². The summed E-state index contributed by atoms with van der Waals surface area (Å²) in [5, 5.41) is 3.66. The third kappa shape index (κ3) is 4.23. The number of ether oxygens (including phenoxy) is 1. The Bertz CT molecular complexity index is 980. The summed E-state index contributed by atoms with van der Waals surface area (Å²) in [6, 6.07) is 9.43. The lowest BCUT2D eigenvalue weighted by Gasteiger charge is -2.10. The Morgan fingerprint density at radius 1 is 1.08 bits per heavy atom. The molecule has 0 spiro atoms. The average Bonchev–Trinajstić information content (AvgIpc) is 2.83. The molecule has 5 nitrogen and oxygen atoms in total. The molecule has 0 aromatic heterocycles. The maximum absolute atomic E-state index is 12.1. The monoisotopic (exact) mass is 383 g/mol. The highest BCUT2D eigenvalue weighted by atomic mass is 32.2. The van der Waals surface area contributed by atoms with E-state index in [0.29, 0.717) is 16.8 Å². The highest BCUT2D eigenvalue weighted by Gasteiger charge is 2.31. The minimum absolute atomic E-state index is 0.0889. The summed E-state index contributed by atoms with van der Waals surface area (Å²) < 4.78 is 63.7. The lowest BCUT2D eigenvalue weighted by molar-refractivity contribution is -0.274. The number of benzene rings is 2. The number of anilines is 1. The van der Waals surface area contributed by atoms with Crippen molar-refractivity contribution in [2.75, 3.05) is 5.32 Å². The fraction of sp³-hybridized carbons (Fsp3) is 0.118. The Balaban J connectivity index is 1.65. The van der Waals surface area contributed by atoms with Crippen LogP contribution in [0.1, 0.15) is 11.1 Å². The van der Waals surface area contributed by atoms with Crippen LogP contribution < -0.4 is 10.1 Å². The number of amides is 1. The van der Waals surface area contributed by atoms with Gasteiger partial charge in [-0.15, -0.1) is 13.2 Å². The van der Waals surface area contributed by atoms with Crippen molar-refractivity contribution >= 4 is 27.5 Å². The summed E-state index contributed by atoms with van der Waals surface area (Å²) in [5.74, 6) is -0.809. The van der Waals surface area contributed by atoms with Gasteiger partial charge in [0.2, 0.25) is 15.7 Å². The van der Waals surface area contributed by atoms with E-state index in [2.05, 4.69) is 10.1 Å². The Morgan fingerprint density at radius 2 is 1.77 bits per heavy atom. The lowest BCUT2D eigenvalue weighted by Crippen LogP contribution is -2.17. The molecule has 9 heteroatoms. The van der Waals surface area contributed by atoms with E-state index in [0.717, 1.165) is 17.5 Å². The van der Waals surface area contributed by atoms with E-state index in [1.807, 2.05) is 0 Å². The first-order valence-corrected chi connectivity index (χ1v) is 8.89. The number of hydrogen-bond acceptors (Lipinski definition) is 4. The van der Waals surface area contributed by atoms with Crippen molar-refractivity contribution in [3.63, 3.8) is 0 Å². The number of fused-ring (bicyclic) bond motifs is 1. The van der Waals surface area contributed by atoms with Crippen LogP contribution in [0.3, 0.4) is 0 Å². The van der Waals surface area contributed by atoms with Gasteiger partial charge in [-0.05, 0) is 41.5 Å². The summed E-state index contributed by atoms with van der Waals surface area (Å²) in [6.07, 6.45) is -3.39. The number of rotatable bonds is 4. The fourth-order valence-corrected chi connectivity index (χ4v) is 3.66. The van der Waals surface area contributed by atoms with Crippen molar-refractivity contribution in [1.82, 2.24) is 0 Å². The van der Waals surface area contributed by atoms with Gasteiger partial charge in [-0.3, -0.25) is 4.79 Å². The van der Waals surface area contributed by atoms with E-state index in [-0.39, 0.29) is 17.1 Å². The SMILES string of the molecule is O=C(Cc1ccc(OC(F)(F)F)cc1)Nc1ccc2c(c1)S(=O)(=O)C=C2. The van der Waals surface area contributed by atoms with E-state index in [9.17, 15) is 26.4 Å².